The van der Waals surface area contributed by atoms with E-state index in [2.05, 4.69) is 10.3 Å². The predicted octanol–water partition coefficient (Wildman–Crippen LogP) is 2.09. The second kappa shape index (κ2) is 6.83. The van der Waals surface area contributed by atoms with Crippen molar-refractivity contribution in [2.24, 2.45) is 0 Å². The van der Waals surface area contributed by atoms with Crippen LogP contribution >= 0.6 is 0 Å². The van der Waals surface area contributed by atoms with Crippen molar-refractivity contribution in [3.63, 3.8) is 0 Å². The van der Waals surface area contributed by atoms with Crippen molar-refractivity contribution < 1.29 is 19.4 Å². The third-order valence-corrected chi connectivity index (χ3v) is 3.31. The Hall–Kier alpha value is -2.34. The standard InChI is InChI=1S/C17H22N2O4/c1-17(2,3)23-15(20)10-19-14(16(21)22)8-11-9-18-13-7-5-4-6-12(11)13/h4-7,9,14,18-19H,8,10H2,1-3H3,(H,21,22). The van der Waals surface area contributed by atoms with Crippen LogP contribution in [0.15, 0.2) is 30.5 Å². The van der Waals surface area contributed by atoms with Gasteiger partial charge in [-0.2, -0.15) is 0 Å². The lowest BCUT2D eigenvalue weighted by molar-refractivity contribution is -0.154. The smallest absolute Gasteiger partial charge is 0.321 e. The van der Waals surface area contributed by atoms with Gasteiger partial charge < -0.3 is 14.8 Å². The summed E-state index contributed by atoms with van der Waals surface area (Å²) in [5.74, 6) is -1.47. The lowest BCUT2D eigenvalue weighted by Crippen LogP contribution is -2.42. The molecule has 0 bridgehead atoms. The van der Waals surface area contributed by atoms with Gasteiger partial charge in [0.05, 0.1) is 6.54 Å². The van der Waals surface area contributed by atoms with Crippen molar-refractivity contribution in [1.29, 1.82) is 0 Å². The van der Waals surface area contributed by atoms with Gasteiger partial charge in [-0.3, -0.25) is 14.9 Å². The molecule has 0 aliphatic rings. The zero-order chi connectivity index (χ0) is 17.0. The Morgan fingerprint density at radius 1 is 1.30 bits per heavy atom. The largest absolute Gasteiger partial charge is 0.480 e. The Labute approximate surface area is 134 Å². The lowest BCUT2D eigenvalue weighted by Gasteiger charge is -2.20. The van der Waals surface area contributed by atoms with E-state index in [1.165, 1.54) is 0 Å². The first-order valence-electron chi connectivity index (χ1n) is 7.49. The molecule has 6 nitrogen and oxygen atoms in total. The predicted molar refractivity (Wildman–Crippen MR) is 87.3 cm³/mol. The summed E-state index contributed by atoms with van der Waals surface area (Å²) in [6.07, 6.45) is 2.08. The van der Waals surface area contributed by atoms with Crippen molar-refractivity contribution >= 4 is 22.8 Å². The van der Waals surface area contributed by atoms with Gasteiger partial charge in [0.25, 0.3) is 0 Å². The molecule has 3 N–H and O–H groups in total. The highest BCUT2D eigenvalue weighted by Gasteiger charge is 2.22. The monoisotopic (exact) mass is 318 g/mol. The Kier molecular flexibility index (Phi) is 5.05. The molecule has 6 heteroatoms. The zero-order valence-corrected chi connectivity index (χ0v) is 13.6. The van der Waals surface area contributed by atoms with E-state index in [4.69, 9.17) is 4.74 Å². The van der Waals surface area contributed by atoms with Gasteiger partial charge in [-0.05, 0) is 32.4 Å². The first-order valence-corrected chi connectivity index (χ1v) is 7.49. The average molecular weight is 318 g/mol. The van der Waals surface area contributed by atoms with E-state index < -0.39 is 23.6 Å². The van der Waals surface area contributed by atoms with Crippen molar-refractivity contribution in [2.45, 2.75) is 38.8 Å². The summed E-state index contributed by atoms with van der Waals surface area (Å²) >= 11 is 0. The number of carboxylic acids is 1. The summed E-state index contributed by atoms with van der Waals surface area (Å²) in [4.78, 5) is 26.3. The number of rotatable bonds is 6. The quantitative estimate of drug-likeness (QED) is 0.709. The molecule has 0 radical (unpaired) electrons. The molecular weight excluding hydrogens is 296 g/mol. The molecule has 0 aliphatic heterocycles. The number of ether oxygens (including phenoxy) is 1. The number of benzene rings is 1. The van der Waals surface area contributed by atoms with Crippen LogP contribution in [0.1, 0.15) is 26.3 Å². The number of hydrogen-bond acceptors (Lipinski definition) is 4. The minimum absolute atomic E-state index is 0.142. The van der Waals surface area contributed by atoms with Crippen LogP contribution in [-0.4, -0.2) is 40.2 Å². The number of carbonyl (C=O) groups is 2. The van der Waals surface area contributed by atoms with Crippen molar-refractivity contribution in [3.8, 4) is 0 Å². The summed E-state index contributed by atoms with van der Waals surface area (Å²) in [6, 6.07) is 6.83. The number of para-hydroxylation sites is 1. The number of H-pyrrole nitrogens is 1. The van der Waals surface area contributed by atoms with Gasteiger partial charge in [0, 0.05) is 23.5 Å². The molecular formula is C17H22N2O4. The fourth-order valence-corrected chi connectivity index (χ4v) is 2.35. The average Bonchev–Trinajstić information content (AvgIpc) is 2.84. The highest BCUT2D eigenvalue weighted by molar-refractivity contribution is 5.84. The Bertz CT molecular complexity index is 700. The molecule has 1 aromatic carbocycles. The van der Waals surface area contributed by atoms with E-state index in [-0.39, 0.29) is 13.0 Å². The Balaban J connectivity index is 2.02. The van der Waals surface area contributed by atoms with E-state index in [9.17, 15) is 14.7 Å². The molecule has 0 fully saturated rings. The minimum atomic E-state index is -1.00. The van der Waals surface area contributed by atoms with E-state index in [0.29, 0.717) is 0 Å². The summed E-state index contributed by atoms with van der Waals surface area (Å²) in [5.41, 5.74) is 1.26. The van der Waals surface area contributed by atoms with Crippen LogP contribution in [0.3, 0.4) is 0 Å². The number of carboxylic acid groups (broad SMARTS) is 1. The van der Waals surface area contributed by atoms with Crippen molar-refractivity contribution in [3.05, 3.63) is 36.0 Å². The fourth-order valence-electron chi connectivity index (χ4n) is 2.35. The molecule has 0 amide bonds. The molecule has 2 aromatic rings. The third kappa shape index (κ3) is 4.82. The molecule has 0 saturated carbocycles. The van der Waals surface area contributed by atoms with Gasteiger partial charge >= 0.3 is 11.9 Å². The maximum atomic E-state index is 11.7. The highest BCUT2D eigenvalue weighted by atomic mass is 16.6. The molecule has 2 rings (SSSR count). The number of nitrogens with one attached hydrogen (secondary N) is 2. The van der Waals surface area contributed by atoms with Crippen LogP contribution in [0.2, 0.25) is 0 Å². The van der Waals surface area contributed by atoms with E-state index in [0.717, 1.165) is 16.5 Å². The van der Waals surface area contributed by atoms with Gasteiger partial charge in [0.1, 0.15) is 11.6 Å². The van der Waals surface area contributed by atoms with Crippen LogP contribution in [0.4, 0.5) is 0 Å². The molecule has 0 spiro atoms. The molecule has 1 atom stereocenters. The summed E-state index contributed by atoms with van der Waals surface area (Å²) < 4.78 is 5.17. The number of aromatic amines is 1. The summed E-state index contributed by atoms with van der Waals surface area (Å²) in [6.45, 7) is 5.17. The van der Waals surface area contributed by atoms with Crippen molar-refractivity contribution in [2.75, 3.05) is 6.54 Å². The molecule has 1 unspecified atom stereocenters. The highest BCUT2D eigenvalue weighted by Crippen LogP contribution is 2.19. The SMILES string of the molecule is CC(C)(C)OC(=O)CNC(Cc1c[nH]c2ccccc12)C(=O)O. The van der Waals surface area contributed by atoms with E-state index >= 15 is 0 Å². The van der Waals surface area contributed by atoms with Gasteiger partial charge in [-0.25, -0.2) is 0 Å². The first kappa shape index (κ1) is 17.0. The van der Waals surface area contributed by atoms with Crippen LogP contribution in [0.25, 0.3) is 10.9 Å². The molecule has 124 valence electrons. The summed E-state index contributed by atoms with van der Waals surface area (Å²) in [7, 11) is 0. The number of fused-ring (bicyclic) bond motifs is 1. The maximum absolute atomic E-state index is 11.7. The third-order valence-electron chi connectivity index (χ3n) is 3.31. The van der Waals surface area contributed by atoms with E-state index in [1.54, 1.807) is 27.0 Å². The van der Waals surface area contributed by atoms with Crippen LogP contribution in [0, 0.1) is 0 Å². The Morgan fingerprint density at radius 2 is 2.00 bits per heavy atom. The normalized spacial score (nSPS) is 13.0. The molecule has 0 saturated heterocycles. The van der Waals surface area contributed by atoms with Gasteiger partial charge in [-0.1, -0.05) is 18.2 Å². The van der Waals surface area contributed by atoms with Crippen LogP contribution < -0.4 is 5.32 Å². The fraction of sp³-hybridized carbons (Fsp3) is 0.412. The minimum Gasteiger partial charge on any atom is -0.480 e. The van der Waals surface area contributed by atoms with Crippen LogP contribution in [-0.2, 0) is 20.7 Å². The molecule has 23 heavy (non-hydrogen) atoms. The van der Waals surface area contributed by atoms with Crippen molar-refractivity contribution in [1.82, 2.24) is 10.3 Å². The maximum Gasteiger partial charge on any atom is 0.321 e. The number of aliphatic carboxylic acids is 1. The summed E-state index contributed by atoms with van der Waals surface area (Å²) in [5, 5.41) is 13.1. The molecule has 0 aliphatic carbocycles. The van der Waals surface area contributed by atoms with Gasteiger partial charge in [0.15, 0.2) is 0 Å². The first-order chi connectivity index (χ1) is 10.8. The molecule has 1 heterocycles. The number of esters is 1. The van der Waals surface area contributed by atoms with Gasteiger partial charge in [0.2, 0.25) is 0 Å². The Morgan fingerprint density at radius 3 is 2.65 bits per heavy atom. The van der Waals surface area contributed by atoms with Crippen LogP contribution in [0.5, 0.6) is 0 Å². The lowest BCUT2D eigenvalue weighted by atomic mass is 10.1. The number of aromatic nitrogens is 1. The number of hydrogen-bond donors (Lipinski definition) is 3. The molecule has 1 aromatic heterocycles. The number of carbonyl (C=O) groups excluding carboxylic acids is 1. The van der Waals surface area contributed by atoms with Gasteiger partial charge in [-0.15, -0.1) is 0 Å². The second-order valence-electron chi connectivity index (χ2n) is 6.42. The second-order valence-corrected chi connectivity index (χ2v) is 6.42. The topological polar surface area (TPSA) is 91.4 Å². The zero-order valence-electron chi connectivity index (χ0n) is 13.6. The van der Waals surface area contributed by atoms with E-state index in [1.807, 2.05) is 24.3 Å².